The number of carbonyl (C=O) groups excluding carboxylic acids is 1. The minimum absolute atomic E-state index is 0.381. The van der Waals surface area contributed by atoms with Crippen molar-refractivity contribution in [1.82, 2.24) is 20.2 Å². The summed E-state index contributed by atoms with van der Waals surface area (Å²) in [7, 11) is 2.90. The van der Waals surface area contributed by atoms with E-state index in [0.717, 1.165) is 11.1 Å². The normalized spacial score (nSPS) is 15.2. The van der Waals surface area contributed by atoms with Crippen LogP contribution in [0.3, 0.4) is 0 Å². The summed E-state index contributed by atoms with van der Waals surface area (Å²) in [5, 5.41) is 14.8. The molecule has 3 aromatic rings. The van der Waals surface area contributed by atoms with Gasteiger partial charge in [0.2, 0.25) is 5.95 Å². The minimum Gasteiger partial charge on any atom is -0.493 e. The average molecular weight is 486 g/mol. The number of rotatable bonds is 6. The van der Waals surface area contributed by atoms with Gasteiger partial charge in [-0.2, -0.15) is 4.68 Å². The summed E-state index contributed by atoms with van der Waals surface area (Å²) in [6, 6.07) is 12.9. The number of esters is 1. The lowest BCUT2D eigenvalue weighted by atomic mass is 9.95. The van der Waals surface area contributed by atoms with Gasteiger partial charge in [0, 0.05) is 5.70 Å². The molecule has 1 aliphatic rings. The van der Waals surface area contributed by atoms with E-state index in [4.69, 9.17) is 14.2 Å². The molecule has 2 aromatic carbocycles. The molecule has 0 unspecified atom stereocenters. The summed E-state index contributed by atoms with van der Waals surface area (Å²) in [5.74, 6) is 1.02. The Balaban J connectivity index is 1.75. The monoisotopic (exact) mass is 485 g/mol. The van der Waals surface area contributed by atoms with Crippen LogP contribution in [0.15, 0.2) is 58.2 Å². The summed E-state index contributed by atoms with van der Waals surface area (Å²) >= 11 is 3.59. The van der Waals surface area contributed by atoms with E-state index >= 15 is 0 Å². The first-order chi connectivity index (χ1) is 15.0. The fourth-order valence-electron chi connectivity index (χ4n) is 3.46. The number of methoxy groups -OCH3 is 2. The van der Waals surface area contributed by atoms with Gasteiger partial charge in [-0.1, -0.05) is 35.4 Å². The van der Waals surface area contributed by atoms with E-state index in [1.54, 1.807) is 14.0 Å². The maximum Gasteiger partial charge on any atom is 0.338 e. The molecule has 1 aromatic heterocycles. The lowest BCUT2D eigenvalue weighted by molar-refractivity contribution is -0.136. The molecule has 0 amide bonds. The summed E-state index contributed by atoms with van der Waals surface area (Å²) in [6.45, 7) is 2.16. The van der Waals surface area contributed by atoms with Crippen molar-refractivity contribution in [3.8, 4) is 11.5 Å². The van der Waals surface area contributed by atoms with E-state index in [1.807, 2.05) is 42.5 Å². The van der Waals surface area contributed by atoms with Gasteiger partial charge in [0.15, 0.2) is 11.5 Å². The molecule has 31 heavy (non-hydrogen) atoms. The number of benzene rings is 2. The third-order valence-electron chi connectivity index (χ3n) is 4.91. The predicted molar refractivity (Wildman–Crippen MR) is 116 cm³/mol. The van der Waals surface area contributed by atoms with Crippen molar-refractivity contribution >= 4 is 27.8 Å². The molecule has 0 fully saturated rings. The third-order valence-corrected chi connectivity index (χ3v) is 5.50. The van der Waals surface area contributed by atoms with Crippen LogP contribution in [0, 0.1) is 0 Å². The first-order valence-electron chi connectivity index (χ1n) is 9.41. The average Bonchev–Trinajstić information content (AvgIpc) is 3.25. The van der Waals surface area contributed by atoms with E-state index in [9.17, 15) is 4.79 Å². The van der Waals surface area contributed by atoms with Crippen molar-refractivity contribution in [3.05, 3.63) is 69.3 Å². The Morgan fingerprint density at radius 1 is 1.23 bits per heavy atom. The minimum atomic E-state index is -0.605. The van der Waals surface area contributed by atoms with Gasteiger partial charge in [-0.05, 0) is 56.5 Å². The van der Waals surface area contributed by atoms with E-state index in [1.165, 1.54) is 11.8 Å². The SMILES string of the molecule is COC(=O)C1=C(C)Nc2nnnn2[C@H]1c1cc(Br)c(OCc2ccccc2)c(OC)c1. The van der Waals surface area contributed by atoms with Crippen LogP contribution in [0.2, 0.25) is 0 Å². The Kier molecular flexibility index (Phi) is 5.90. The number of fused-ring (bicyclic) bond motifs is 1. The van der Waals surface area contributed by atoms with E-state index in [0.29, 0.717) is 39.8 Å². The van der Waals surface area contributed by atoms with Crippen molar-refractivity contribution in [2.45, 2.75) is 19.6 Å². The molecular weight excluding hydrogens is 466 g/mol. The van der Waals surface area contributed by atoms with Crippen LogP contribution in [0.4, 0.5) is 5.95 Å². The van der Waals surface area contributed by atoms with E-state index < -0.39 is 12.0 Å². The largest absolute Gasteiger partial charge is 0.493 e. The highest BCUT2D eigenvalue weighted by Gasteiger charge is 2.35. The second-order valence-electron chi connectivity index (χ2n) is 6.81. The molecule has 9 nitrogen and oxygen atoms in total. The second-order valence-corrected chi connectivity index (χ2v) is 7.67. The van der Waals surface area contributed by atoms with Gasteiger partial charge in [0.25, 0.3) is 0 Å². The number of aromatic nitrogens is 4. The lowest BCUT2D eigenvalue weighted by Crippen LogP contribution is -2.29. The highest BCUT2D eigenvalue weighted by Crippen LogP contribution is 2.42. The molecule has 0 bridgehead atoms. The second kappa shape index (κ2) is 8.76. The molecule has 1 aliphatic heterocycles. The van der Waals surface area contributed by atoms with Gasteiger partial charge in [0.05, 0.1) is 24.3 Å². The number of hydrogen-bond donors (Lipinski definition) is 1. The van der Waals surface area contributed by atoms with Gasteiger partial charge >= 0.3 is 5.97 Å². The number of halogens is 1. The molecule has 1 N–H and O–H groups in total. The van der Waals surface area contributed by atoms with Crippen molar-refractivity contribution in [2.75, 3.05) is 19.5 Å². The van der Waals surface area contributed by atoms with Crippen LogP contribution in [0.25, 0.3) is 0 Å². The maximum absolute atomic E-state index is 12.6. The molecule has 1 atom stereocenters. The first-order valence-corrected chi connectivity index (χ1v) is 10.2. The number of carbonyl (C=O) groups is 1. The maximum atomic E-state index is 12.6. The van der Waals surface area contributed by atoms with Crippen LogP contribution in [-0.2, 0) is 16.1 Å². The fraction of sp³-hybridized carbons (Fsp3) is 0.238. The number of allylic oxidation sites excluding steroid dienone is 1. The molecule has 10 heteroatoms. The molecule has 0 spiro atoms. The van der Waals surface area contributed by atoms with Crippen LogP contribution in [0.5, 0.6) is 11.5 Å². The highest BCUT2D eigenvalue weighted by atomic mass is 79.9. The van der Waals surface area contributed by atoms with E-state index in [-0.39, 0.29) is 0 Å². The standard InChI is InChI=1S/C21H20BrN5O4/c1-12-17(20(28)30-3)18(27-21(23-12)24-25-26-27)14-9-15(22)19(16(10-14)29-2)31-11-13-7-5-4-6-8-13/h4-10,18H,11H2,1-3H3,(H,23,24,26)/t18-/m0/s1. The number of anilines is 1. The number of hydrogen-bond acceptors (Lipinski definition) is 8. The van der Waals surface area contributed by atoms with Crippen molar-refractivity contribution in [2.24, 2.45) is 0 Å². The smallest absolute Gasteiger partial charge is 0.338 e. The van der Waals surface area contributed by atoms with Crippen molar-refractivity contribution < 1.29 is 19.0 Å². The lowest BCUT2D eigenvalue weighted by Gasteiger charge is -2.27. The molecule has 2 heterocycles. The van der Waals surface area contributed by atoms with Crippen molar-refractivity contribution in [3.63, 3.8) is 0 Å². The van der Waals surface area contributed by atoms with Gasteiger partial charge in [-0.3, -0.25) is 0 Å². The summed E-state index contributed by atoms with van der Waals surface area (Å²) in [4.78, 5) is 12.6. The van der Waals surface area contributed by atoms with Crippen LogP contribution < -0.4 is 14.8 Å². The Morgan fingerprint density at radius 3 is 2.71 bits per heavy atom. The molecule has 0 saturated carbocycles. The van der Waals surface area contributed by atoms with Crippen molar-refractivity contribution in [1.29, 1.82) is 0 Å². The van der Waals surface area contributed by atoms with Crippen LogP contribution in [0.1, 0.15) is 24.1 Å². The van der Waals surface area contributed by atoms with Gasteiger partial charge in [0.1, 0.15) is 12.6 Å². The molecule has 0 radical (unpaired) electrons. The van der Waals surface area contributed by atoms with Gasteiger partial charge in [-0.15, -0.1) is 0 Å². The molecule has 0 aliphatic carbocycles. The Morgan fingerprint density at radius 2 is 2.00 bits per heavy atom. The molecule has 4 rings (SSSR count). The summed E-state index contributed by atoms with van der Waals surface area (Å²) < 4.78 is 18.8. The summed E-state index contributed by atoms with van der Waals surface area (Å²) in [5.41, 5.74) is 2.77. The number of tetrazole rings is 1. The first kappa shape index (κ1) is 20.9. The van der Waals surface area contributed by atoms with Crippen LogP contribution >= 0.6 is 15.9 Å². The number of ether oxygens (including phenoxy) is 3. The van der Waals surface area contributed by atoms with Gasteiger partial charge in [-0.25, -0.2) is 4.79 Å². The zero-order chi connectivity index (χ0) is 22.0. The number of nitrogens with zero attached hydrogens (tertiary/aromatic N) is 4. The highest BCUT2D eigenvalue weighted by molar-refractivity contribution is 9.10. The van der Waals surface area contributed by atoms with Crippen LogP contribution in [-0.4, -0.2) is 40.4 Å². The van der Waals surface area contributed by atoms with Gasteiger partial charge < -0.3 is 19.5 Å². The zero-order valence-electron chi connectivity index (χ0n) is 17.1. The zero-order valence-corrected chi connectivity index (χ0v) is 18.7. The Bertz CT molecular complexity index is 1150. The molecule has 0 saturated heterocycles. The fourth-order valence-corrected chi connectivity index (χ4v) is 4.04. The molecular formula is C21H20BrN5O4. The topological polar surface area (TPSA) is 100 Å². The number of nitrogens with one attached hydrogen (secondary N) is 1. The summed E-state index contributed by atoms with van der Waals surface area (Å²) in [6.07, 6.45) is 0. The van der Waals surface area contributed by atoms with E-state index in [2.05, 4.69) is 36.8 Å². The molecule has 160 valence electrons. The Hall–Kier alpha value is -3.40. The predicted octanol–water partition coefficient (Wildman–Crippen LogP) is 3.49. The Labute approximate surface area is 187 Å². The quantitative estimate of drug-likeness (QED) is 0.529. The third kappa shape index (κ3) is 3.98.